The van der Waals surface area contributed by atoms with Gasteiger partial charge in [0.1, 0.15) is 5.65 Å². The van der Waals surface area contributed by atoms with Crippen molar-refractivity contribution in [2.24, 2.45) is 0 Å². The van der Waals surface area contributed by atoms with Gasteiger partial charge in [0, 0.05) is 17.8 Å². The molecule has 0 amide bonds. The number of carboxylic acid groups (broad SMARTS) is 1. The van der Waals surface area contributed by atoms with Gasteiger partial charge in [-0.2, -0.15) is 0 Å². The zero-order valence-electron chi connectivity index (χ0n) is 6.11. The van der Waals surface area contributed by atoms with Crippen molar-refractivity contribution in [1.82, 2.24) is 9.97 Å². The van der Waals surface area contributed by atoms with E-state index in [1.165, 1.54) is 6.20 Å². The monoisotopic (exact) mass is 162 g/mol. The number of hydrogen-bond donors (Lipinski definition) is 2. The van der Waals surface area contributed by atoms with E-state index in [1.807, 2.05) is 0 Å². The molecule has 0 unspecified atom stereocenters. The van der Waals surface area contributed by atoms with Crippen LogP contribution >= 0.6 is 0 Å². The van der Waals surface area contributed by atoms with Crippen molar-refractivity contribution in [3.05, 3.63) is 30.1 Å². The van der Waals surface area contributed by atoms with Crippen LogP contribution in [0, 0.1) is 0 Å². The second kappa shape index (κ2) is 2.34. The third-order valence-electron chi connectivity index (χ3n) is 1.68. The Balaban J connectivity index is 2.79. The van der Waals surface area contributed by atoms with E-state index in [9.17, 15) is 4.79 Å². The number of nitrogens with one attached hydrogen (secondary N) is 1. The number of aromatic carboxylic acids is 1. The van der Waals surface area contributed by atoms with E-state index in [0.29, 0.717) is 11.0 Å². The lowest BCUT2D eigenvalue weighted by atomic mass is 10.2. The van der Waals surface area contributed by atoms with Gasteiger partial charge in [-0.1, -0.05) is 0 Å². The molecule has 4 heteroatoms. The van der Waals surface area contributed by atoms with Gasteiger partial charge in [0.15, 0.2) is 0 Å². The summed E-state index contributed by atoms with van der Waals surface area (Å²) in [6.07, 6.45) is 3.06. The van der Waals surface area contributed by atoms with Gasteiger partial charge in [-0.25, -0.2) is 9.78 Å². The molecule has 0 saturated carbocycles. The molecule has 2 heterocycles. The Kier molecular flexibility index (Phi) is 1.33. The summed E-state index contributed by atoms with van der Waals surface area (Å²) in [5.41, 5.74) is 0.869. The Hall–Kier alpha value is -1.84. The third kappa shape index (κ3) is 0.852. The Bertz CT molecular complexity index is 433. The first-order chi connectivity index (χ1) is 5.79. The topological polar surface area (TPSA) is 66.0 Å². The molecule has 0 aromatic carbocycles. The second-order valence-corrected chi connectivity index (χ2v) is 2.41. The van der Waals surface area contributed by atoms with Crippen LogP contribution in [0.2, 0.25) is 0 Å². The van der Waals surface area contributed by atoms with Crippen LogP contribution < -0.4 is 0 Å². The maximum absolute atomic E-state index is 10.6. The number of hydrogen-bond acceptors (Lipinski definition) is 2. The van der Waals surface area contributed by atoms with Gasteiger partial charge in [-0.3, -0.25) is 0 Å². The molecular formula is C8H6N2O2. The molecule has 2 rings (SSSR count). The minimum absolute atomic E-state index is 0.262. The van der Waals surface area contributed by atoms with Gasteiger partial charge in [-0.15, -0.1) is 0 Å². The minimum atomic E-state index is -0.936. The van der Waals surface area contributed by atoms with E-state index in [1.54, 1.807) is 18.3 Å². The average molecular weight is 162 g/mol. The van der Waals surface area contributed by atoms with E-state index in [0.717, 1.165) is 0 Å². The molecule has 4 nitrogen and oxygen atoms in total. The summed E-state index contributed by atoms with van der Waals surface area (Å²) in [6.45, 7) is 0. The third-order valence-corrected chi connectivity index (χ3v) is 1.68. The quantitative estimate of drug-likeness (QED) is 0.663. The zero-order chi connectivity index (χ0) is 8.55. The Morgan fingerprint density at radius 2 is 2.42 bits per heavy atom. The molecule has 2 aromatic rings. The van der Waals surface area contributed by atoms with Crippen LogP contribution in [0.3, 0.4) is 0 Å². The van der Waals surface area contributed by atoms with Crippen molar-refractivity contribution in [2.45, 2.75) is 0 Å². The van der Waals surface area contributed by atoms with Crippen LogP contribution in [0.5, 0.6) is 0 Å². The molecule has 2 aromatic heterocycles. The van der Waals surface area contributed by atoms with E-state index in [-0.39, 0.29) is 5.56 Å². The fourth-order valence-electron chi connectivity index (χ4n) is 1.13. The fraction of sp³-hybridized carbons (Fsp3) is 0. The normalized spacial score (nSPS) is 10.3. The number of rotatable bonds is 1. The molecule has 0 bridgehead atoms. The lowest BCUT2D eigenvalue weighted by Gasteiger charge is -1.88. The first-order valence-corrected chi connectivity index (χ1v) is 3.44. The van der Waals surface area contributed by atoms with Crippen molar-refractivity contribution in [1.29, 1.82) is 0 Å². The smallest absolute Gasteiger partial charge is 0.337 e. The number of carboxylic acids is 1. The standard InChI is InChI=1S/C8H6N2O2/c11-8(12)6-4-10-7-5(6)2-1-3-9-7/h1-4H,(H,9,10)(H,11,12). The zero-order valence-corrected chi connectivity index (χ0v) is 6.11. The van der Waals surface area contributed by atoms with Crippen LogP contribution in [0.25, 0.3) is 11.0 Å². The van der Waals surface area contributed by atoms with Gasteiger partial charge < -0.3 is 10.1 Å². The van der Waals surface area contributed by atoms with Gasteiger partial charge in [0.25, 0.3) is 0 Å². The number of aromatic amines is 1. The van der Waals surface area contributed by atoms with Crippen LogP contribution in [-0.4, -0.2) is 21.0 Å². The highest BCUT2D eigenvalue weighted by molar-refractivity contribution is 6.01. The summed E-state index contributed by atoms with van der Waals surface area (Å²) in [5, 5.41) is 9.37. The number of pyridine rings is 1. The Morgan fingerprint density at radius 3 is 3.17 bits per heavy atom. The van der Waals surface area contributed by atoms with Crippen LogP contribution in [0.15, 0.2) is 24.5 Å². The molecule has 0 fully saturated rings. The summed E-state index contributed by atoms with van der Waals surface area (Å²) in [6, 6.07) is 3.44. The van der Waals surface area contributed by atoms with Crippen LogP contribution in [0.4, 0.5) is 0 Å². The molecule has 0 radical (unpaired) electrons. The first kappa shape index (κ1) is 6.84. The number of carbonyl (C=O) groups is 1. The SMILES string of the molecule is O=C(O)c1c[nH]c2ncccc12. The molecule has 0 aliphatic carbocycles. The predicted octanol–water partition coefficient (Wildman–Crippen LogP) is 1.26. The Morgan fingerprint density at radius 1 is 1.58 bits per heavy atom. The molecule has 0 aliphatic rings. The van der Waals surface area contributed by atoms with Gasteiger partial charge in [-0.05, 0) is 12.1 Å². The fourth-order valence-corrected chi connectivity index (χ4v) is 1.13. The molecular weight excluding hydrogens is 156 g/mol. The molecule has 60 valence electrons. The summed E-state index contributed by atoms with van der Waals surface area (Å²) in [7, 11) is 0. The van der Waals surface area contributed by atoms with E-state index in [2.05, 4.69) is 9.97 Å². The van der Waals surface area contributed by atoms with Gasteiger partial charge >= 0.3 is 5.97 Å². The molecule has 12 heavy (non-hydrogen) atoms. The second-order valence-electron chi connectivity index (χ2n) is 2.41. The lowest BCUT2D eigenvalue weighted by molar-refractivity contribution is 0.0699. The van der Waals surface area contributed by atoms with Crippen molar-refractivity contribution in [2.75, 3.05) is 0 Å². The van der Waals surface area contributed by atoms with Crippen molar-refractivity contribution >= 4 is 17.0 Å². The van der Waals surface area contributed by atoms with E-state index < -0.39 is 5.97 Å². The highest BCUT2D eigenvalue weighted by Gasteiger charge is 2.09. The van der Waals surface area contributed by atoms with Crippen molar-refractivity contribution < 1.29 is 9.90 Å². The van der Waals surface area contributed by atoms with E-state index >= 15 is 0 Å². The van der Waals surface area contributed by atoms with Crippen LogP contribution in [0.1, 0.15) is 10.4 Å². The highest BCUT2D eigenvalue weighted by atomic mass is 16.4. The highest BCUT2D eigenvalue weighted by Crippen LogP contribution is 2.14. The molecule has 2 N–H and O–H groups in total. The maximum Gasteiger partial charge on any atom is 0.337 e. The Labute approximate surface area is 67.9 Å². The number of aromatic nitrogens is 2. The summed E-state index contributed by atoms with van der Waals surface area (Å²) in [4.78, 5) is 17.4. The average Bonchev–Trinajstić information content (AvgIpc) is 2.47. The molecule has 0 atom stereocenters. The summed E-state index contributed by atoms with van der Waals surface area (Å²) >= 11 is 0. The molecule has 0 saturated heterocycles. The van der Waals surface area contributed by atoms with Crippen molar-refractivity contribution in [3.63, 3.8) is 0 Å². The molecule has 0 spiro atoms. The number of H-pyrrole nitrogens is 1. The summed E-state index contributed by atoms with van der Waals surface area (Å²) < 4.78 is 0. The van der Waals surface area contributed by atoms with E-state index in [4.69, 9.17) is 5.11 Å². The maximum atomic E-state index is 10.6. The minimum Gasteiger partial charge on any atom is -0.478 e. The van der Waals surface area contributed by atoms with Crippen LogP contribution in [-0.2, 0) is 0 Å². The summed E-state index contributed by atoms with van der Waals surface area (Å²) in [5.74, 6) is -0.936. The first-order valence-electron chi connectivity index (χ1n) is 3.44. The largest absolute Gasteiger partial charge is 0.478 e. The number of nitrogens with zero attached hydrogens (tertiary/aromatic N) is 1. The predicted molar refractivity (Wildman–Crippen MR) is 43.1 cm³/mol. The van der Waals surface area contributed by atoms with Crippen molar-refractivity contribution in [3.8, 4) is 0 Å². The lowest BCUT2D eigenvalue weighted by Crippen LogP contribution is -1.93. The van der Waals surface area contributed by atoms with Gasteiger partial charge in [0.05, 0.1) is 5.56 Å². The molecule has 0 aliphatic heterocycles. The van der Waals surface area contributed by atoms with Gasteiger partial charge in [0.2, 0.25) is 0 Å². The number of fused-ring (bicyclic) bond motifs is 1.